The zero-order chi connectivity index (χ0) is 16.4. The molecule has 1 aromatic carbocycles. The maximum atomic E-state index is 13.2. The molecule has 4 nitrogen and oxygen atoms in total. The van der Waals surface area contributed by atoms with Gasteiger partial charge in [0.05, 0.1) is 12.1 Å². The minimum absolute atomic E-state index is 0.362. The van der Waals surface area contributed by atoms with Crippen LogP contribution in [0.2, 0.25) is 0 Å². The van der Waals surface area contributed by atoms with Crippen LogP contribution in [-0.4, -0.2) is 29.3 Å². The Bertz CT molecular complexity index is 556. The summed E-state index contributed by atoms with van der Waals surface area (Å²) in [6.45, 7) is 2.72. The monoisotopic (exact) mass is 306 g/mol. The van der Waals surface area contributed by atoms with Gasteiger partial charge in [0.25, 0.3) is 5.91 Å². The molecule has 0 heterocycles. The topological polar surface area (TPSA) is 63.4 Å². The summed E-state index contributed by atoms with van der Waals surface area (Å²) < 4.78 is 51.0. The minimum Gasteiger partial charge on any atom is -0.368 e. The van der Waals surface area contributed by atoms with Gasteiger partial charge >= 0.3 is 6.18 Å². The minimum atomic E-state index is -4.91. The smallest absolute Gasteiger partial charge is 0.368 e. The van der Waals surface area contributed by atoms with E-state index in [1.54, 1.807) is 13.8 Å². The van der Waals surface area contributed by atoms with E-state index in [1.165, 1.54) is 0 Å². The van der Waals surface area contributed by atoms with Gasteiger partial charge in [0.15, 0.2) is 0 Å². The van der Waals surface area contributed by atoms with E-state index < -0.39 is 42.0 Å². The largest absolute Gasteiger partial charge is 0.419 e. The van der Waals surface area contributed by atoms with E-state index in [0.717, 1.165) is 11.0 Å². The molecule has 0 saturated carbocycles. The summed E-state index contributed by atoms with van der Waals surface area (Å²) in [7, 11) is 0. The number of amides is 2. The molecule has 2 N–H and O–H groups in total. The molecule has 0 fully saturated rings. The van der Waals surface area contributed by atoms with E-state index in [1.807, 2.05) is 0 Å². The average Bonchev–Trinajstić information content (AvgIpc) is 2.33. The summed E-state index contributed by atoms with van der Waals surface area (Å²) in [4.78, 5) is 24.1. The molecule has 0 radical (unpaired) electrons. The van der Waals surface area contributed by atoms with Gasteiger partial charge in [-0.2, -0.15) is 13.2 Å². The van der Waals surface area contributed by atoms with Crippen LogP contribution in [0.15, 0.2) is 18.2 Å². The summed E-state index contributed by atoms with van der Waals surface area (Å²) in [5.41, 5.74) is 3.10. The van der Waals surface area contributed by atoms with Gasteiger partial charge in [-0.25, -0.2) is 4.39 Å². The van der Waals surface area contributed by atoms with Crippen LogP contribution in [0.5, 0.6) is 0 Å². The van der Waals surface area contributed by atoms with Crippen LogP contribution < -0.4 is 5.73 Å². The molecule has 2 amide bonds. The molecule has 0 saturated heterocycles. The van der Waals surface area contributed by atoms with Crippen molar-refractivity contribution in [2.75, 3.05) is 6.54 Å². The van der Waals surface area contributed by atoms with Crippen molar-refractivity contribution in [2.24, 2.45) is 5.73 Å². The van der Waals surface area contributed by atoms with Crippen LogP contribution >= 0.6 is 0 Å². The van der Waals surface area contributed by atoms with Gasteiger partial charge in [-0.3, -0.25) is 9.59 Å². The fraction of sp³-hybridized carbons (Fsp3) is 0.385. The Hall–Kier alpha value is -2.12. The molecule has 0 aromatic heterocycles. The van der Waals surface area contributed by atoms with E-state index in [9.17, 15) is 27.2 Å². The molecule has 0 aliphatic carbocycles. The zero-order valence-corrected chi connectivity index (χ0v) is 11.4. The van der Waals surface area contributed by atoms with Crippen LogP contribution in [0.3, 0.4) is 0 Å². The Morgan fingerprint density at radius 3 is 2.29 bits per heavy atom. The predicted octanol–water partition coefficient (Wildman–Crippen LogP) is 2.18. The second-order valence-electron chi connectivity index (χ2n) is 4.69. The van der Waals surface area contributed by atoms with Crippen molar-refractivity contribution < 1.29 is 27.2 Å². The van der Waals surface area contributed by atoms with E-state index in [-0.39, 0.29) is 5.56 Å². The molecule has 1 rings (SSSR count). The lowest BCUT2D eigenvalue weighted by molar-refractivity contribution is -0.140. The van der Waals surface area contributed by atoms with Crippen molar-refractivity contribution in [1.29, 1.82) is 0 Å². The number of hydrogen-bond donors (Lipinski definition) is 1. The van der Waals surface area contributed by atoms with Crippen LogP contribution in [0.1, 0.15) is 29.8 Å². The summed E-state index contributed by atoms with van der Waals surface area (Å²) >= 11 is 0. The number of primary amides is 1. The molecular formula is C13H14F4N2O2. The normalized spacial score (nSPS) is 11.6. The van der Waals surface area contributed by atoms with E-state index in [2.05, 4.69) is 0 Å². The van der Waals surface area contributed by atoms with Gasteiger partial charge in [-0.1, -0.05) is 0 Å². The first-order valence-electron chi connectivity index (χ1n) is 6.00. The summed E-state index contributed by atoms with van der Waals surface area (Å²) in [6, 6.07) is 1.47. The average molecular weight is 306 g/mol. The predicted molar refractivity (Wildman–Crippen MR) is 66.8 cm³/mol. The first-order valence-corrected chi connectivity index (χ1v) is 6.00. The highest BCUT2D eigenvalue weighted by Crippen LogP contribution is 2.32. The Kier molecular flexibility index (Phi) is 4.93. The third-order valence-electron chi connectivity index (χ3n) is 2.73. The SMILES string of the molecule is CC(C)N(CC(N)=O)C(=O)c1ccc(F)c(C(F)(F)F)c1. The fourth-order valence-electron chi connectivity index (χ4n) is 1.70. The maximum Gasteiger partial charge on any atom is 0.419 e. The van der Waals surface area contributed by atoms with Crippen molar-refractivity contribution in [3.63, 3.8) is 0 Å². The highest BCUT2D eigenvalue weighted by atomic mass is 19.4. The molecule has 116 valence electrons. The Morgan fingerprint density at radius 2 is 1.86 bits per heavy atom. The van der Waals surface area contributed by atoms with Gasteiger partial charge in [-0.05, 0) is 32.0 Å². The van der Waals surface area contributed by atoms with Gasteiger partial charge in [0.1, 0.15) is 5.82 Å². The standard InChI is InChI=1S/C13H14F4N2O2/c1-7(2)19(6-11(18)20)12(21)8-3-4-10(14)9(5-8)13(15,16)17/h3-5,7H,6H2,1-2H3,(H2,18,20). The number of hydrogen-bond acceptors (Lipinski definition) is 2. The molecule has 0 bridgehead atoms. The molecular weight excluding hydrogens is 292 g/mol. The number of benzene rings is 1. The quantitative estimate of drug-likeness (QED) is 0.867. The van der Waals surface area contributed by atoms with Crippen LogP contribution in [-0.2, 0) is 11.0 Å². The number of carbonyl (C=O) groups is 2. The van der Waals surface area contributed by atoms with E-state index in [4.69, 9.17) is 5.73 Å². The number of nitrogens with zero attached hydrogens (tertiary/aromatic N) is 1. The second-order valence-corrected chi connectivity index (χ2v) is 4.69. The summed E-state index contributed by atoms with van der Waals surface area (Å²) in [5.74, 6) is -3.09. The number of carbonyl (C=O) groups excluding carboxylic acids is 2. The van der Waals surface area contributed by atoms with Gasteiger partial charge in [-0.15, -0.1) is 0 Å². The number of nitrogens with two attached hydrogens (primary N) is 1. The van der Waals surface area contributed by atoms with Crippen LogP contribution in [0, 0.1) is 5.82 Å². The number of halogens is 4. The summed E-state index contributed by atoms with van der Waals surface area (Å²) in [5, 5.41) is 0. The zero-order valence-electron chi connectivity index (χ0n) is 11.4. The van der Waals surface area contributed by atoms with Crippen LogP contribution in [0.4, 0.5) is 17.6 Å². The van der Waals surface area contributed by atoms with Gasteiger partial charge < -0.3 is 10.6 Å². The molecule has 0 spiro atoms. The van der Waals surface area contributed by atoms with Crippen LogP contribution in [0.25, 0.3) is 0 Å². The molecule has 0 atom stereocenters. The Labute approximate surface area is 118 Å². The van der Waals surface area contributed by atoms with E-state index in [0.29, 0.717) is 12.1 Å². The van der Waals surface area contributed by atoms with Gasteiger partial charge in [0, 0.05) is 11.6 Å². The number of rotatable bonds is 4. The van der Waals surface area contributed by atoms with E-state index >= 15 is 0 Å². The lowest BCUT2D eigenvalue weighted by Crippen LogP contribution is -2.42. The lowest BCUT2D eigenvalue weighted by Gasteiger charge is -2.25. The van der Waals surface area contributed by atoms with Crippen molar-refractivity contribution >= 4 is 11.8 Å². The Balaban J connectivity index is 3.20. The Morgan fingerprint density at radius 1 is 1.29 bits per heavy atom. The first-order chi connectivity index (χ1) is 9.54. The third kappa shape index (κ3) is 4.17. The maximum absolute atomic E-state index is 13.2. The second kappa shape index (κ2) is 6.11. The van der Waals surface area contributed by atoms with Crippen molar-refractivity contribution in [1.82, 2.24) is 4.90 Å². The molecule has 8 heteroatoms. The number of alkyl halides is 3. The van der Waals surface area contributed by atoms with Crippen molar-refractivity contribution in [3.05, 3.63) is 35.1 Å². The fourth-order valence-corrected chi connectivity index (χ4v) is 1.70. The molecule has 1 aromatic rings. The van der Waals surface area contributed by atoms with Crippen molar-refractivity contribution in [3.8, 4) is 0 Å². The highest BCUT2D eigenvalue weighted by Gasteiger charge is 2.35. The lowest BCUT2D eigenvalue weighted by atomic mass is 10.1. The molecule has 0 aliphatic heterocycles. The molecule has 21 heavy (non-hydrogen) atoms. The molecule has 0 unspecified atom stereocenters. The summed E-state index contributed by atoms with van der Waals surface area (Å²) in [6.07, 6.45) is -4.91. The molecule has 0 aliphatic rings. The van der Waals surface area contributed by atoms with Gasteiger partial charge in [0.2, 0.25) is 5.91 Å². The third-order valence-corrected chi connectivity index (χ3v) is 2.73. The first kappa shape index (κ1) is 16.9. The highest BCUT2D eigenvalue weighted by molar-refractivity contribution is 5.96. The van der Waals surface area contributed by atoms with Crippen molar-refractivity contribution in [2.45, 2.75) is 26.1 Å².